The van der Waals surface area contributed by atoms with E-state index in [0.29, 0.717) is 31.1 Å². The van der Waals surface area contributed by atoms with Crippen molar-refractivity contribution < 1.29 is 18.4 Å². The van der Waals surface area contributed by atoms with Crippen LogP contribution >= 0.6 is 0 Å². The van der Waals surface area contributed by atoms with E-state index in [9.17, 15) is 23.6 Å². The Morgan fingerprint density at radius 1 is 1.30 bits per heavy atom. The molecule has 0 radical (unpaired) electrons. The highest BCUT2D eigenvalue weighted by atomic mass is 32.2. The van der Waals surface area contributed by atoms with E-state index >= 15 is 0 Å². The SMILES string of the molecule is CCC1(O)CN(c2ccc(S(=O)(=O)NC3CCC(C)CC3)cc2[N+](=O)[O-])C1. The van der Waals surface area contributed by atoms with Crippen molar-refractivity contribution in [3.63, 3.8) is 0 Å². The van der Waals surface area contributed by atoms with Gasteiger partial charge in [-0.3, -0.25) is 10.1 Å². The van der Waals surface area contributed by atoms with Gasteiger partial charge in [-0.15, -0.1) is 0 Å². The predicted octanol–water partition coefficient (Wildman–Crippen LogP) is 2.41. The summed E-state index contributed by atoms with van der Waals surface area (Å²) >= 11 is 0. The molecule has 0 aromatic heterocycles. The van der Waals surface area contributed by atoms with E-state index < -0.39 is 20.5 Å². The summed E-state index contributed by atoms with van der Waals surface area (Å²) in [4.78, 5) is 12.5. The minimum atomic E-state index is -3.81. The molecule has 2 aliphatic rings. The number of rotatable bonds is 6. The zero-order chi connectivity index (χ0) is 19.8. The summed E-state index contributed by atoms with van der Waals surface area (Å²) in [6, 6.07) is 3.86. The van der Waals surface area contributed by atoms with Gasteiger partial charge in [0.25, 0.3) is 5.69 Å². The third-order valence-electron chi connectivity index (χ3n) is 5.76. The van der Waals surface area contributed by atoms with Crippen LogP contribution in [-0.4, -0.2) is 43.2 Å². The smallest absolute Gasteiger partial charge is 0.293 e. The molecule has 3 rings (SSSR count). The van der Waals surface area contributed by atoms with Gasteiger partial charge in [-0.25, -0.2) is 13.1 Å². The Balaban J connectivity index is 1.80. The lowest BCUT2D eigenvalue weighted by atomic mass is 9.88. The quantitative estimate of drug-likeness (QED) is 0.563. The van der Waals surface area contributed by atoms with Crippen LogP contribution in [-0.2, 0) is 10.0 Å². The maximum atomic E-state index is 12.7. The van der Waals surface area contributed by atoms with Crippen LogP contribution in [0.2, 0.25) is 0 Å². The molecule has 2 fully saturated rings. The van der Waals surface area contributed by atoms with Crippen LogP contribution in [0.25, 0.3) is 0 Å². The fourth-order valence-corrected chi connectivity index (χ4v) is 5.13. The van der Waals surface area contributed by atoms with E-state index in [0.717, 1.165) is 31.7 Å². The second kappa shape index (κ2) is 7.37. The van der Waals surface area contributed by atoms with Crippen LogP contribution < -0.4 is 9.62 Å². The number of nitro benzene ring substituents is 1. The highest BCUT2D eigenvalue weighted by molar-refractivity contribution is 7.89. The molecular formula is C18H27N3O5S. The molecule has 150 valence electrons. The van der Waals surface area contributed by atoms with Gasteiger partial charge >= 0.3 is 0 Å². The molecule has 1 saturated heterocycles. The van der Waals surface area contributed by atoms with Crippen LogP contribution in [0.5, 0.6) is 0 Å². The summed E-state index contributed by atoms with van der Waals surface area (Å²) in [6.07, 6.45) is 4.07. The first-order valence-electron chi connectivity index (χ1n) is 9.41. The number of hydrogen-bond donors (Lipinski definition) is 2. The van der Waals surface area contributed by atoms with Crippen molar-refractivity contribution in [1.29, 1.82) is 0 Å². The van der Waals surface area contributed by atoms with Crippen LogP contribution in [0.1, 0.15) is 46.0 Å². The van der Waals surface area contributed by atoms with Crippen LogP contribution in [0.4, 0.5) is 11.4 Å². The Morgan fingerprint density at radius 2 is 1.93 bits per heavy atom. The molecule has 1 heterocycles. The number of nitro groups is 1. The third-order valence-corrected chi connectivity index (χ3v) is 7.28. The predicted molar refractivity (Wildman–Crippen MR) is 102 cm³/mol. The molecule has 1 aliphatic carbocycles. The Labute approximate surface area is 159 Å². The molecule has 0 unspecified atom stereocenters. The summed E-state index contributed by atoms with van der Waals surface area (Å²) < 4.78 is 28.1. The van der Waals surface area contributed by atoms with Crippen molar-refractivity contribution in [3.05, 3.63) is 28.3 Å². The number of sulfonamides is 1. The lowest BCUT2D eigenvalue weighted by Gasteiger charge is -2.47. The number of β-amino-alcohol motifs (C(OH)–C–C–N with tert-alkyl or cyclic N) is 1. The molecular weight excluding hydrogens is 370 g/mol. The van der Waals surface area contributed by atoms with Gasteiger partial charge in [0.2, 0.25) is 10.0 Å². The Kier molecular flexibility index (Phi) is 5.47. The summed E-state index contributed by atoms with van der Waals surface area (Å²) in [5.41, 5.74) is -0.755. The molecule has 9 heteroatoms. The number of hydrogen-bond acceptors (Lipinski definition) is 6. The number of nitrogens with zero attached hydrogens (tertiary/aromatic N) is 2. The highest BCUT2D eigenvalue weighted by Crippen LogP contribution is 2.37. The average molecular weight is 397 g/mol. The number of benzene rings is 1. The second-order valence-electron chi connectivity index (χ2n) is 7.92. The summed E-state index contributed by atoms with van der Waals surface area (Å²) in [5.74, 6) is 0.601. The molecule has 8 nitrogen and oxygen atoms in total. The second-order valence-corrected chi connectivity index (χ2v) is 9.63. The average Bonchev–Trinajstić information content (AvgIpc) is 2.60. The van der Waals surface area contributed by atoms with Crippen LogP contribution in [0, 0.1) is 16.0 Å². The highest BCUT2D eigenvalue weighted by Gasteiger charge is 2.42. The van der Waals surface area contributed by atoms with Crippen molar-refractivity contribution >= 4 is 21.4 Å². The van der Waals surface area contributed by atoms with E-state index in [4.69, 9.17) is 0 Å². The molecule has 0 amide bonds. The van der Waals surface area contributed by atoms with Crippen LogP contribution in [0.3, 0.4) is 0 Å². The van der Waals surface area contributed by atoms with Gasteiger partial charge in [0, 0.05) is 25.2 Å². The lowest BCUT2D eigenvalue weighted by molar-refractivity contribution is -0.384. The molecule has 2 N–H and O–H groups in total. The molecule has 0 spiro atoms. The van der Waals surface area contributed by atoms with Gasteiger partial charge in [-0.1, -0.05) is 13.8 Å². The summed E-state index contributed by atoms with van der Waals surface area (Å²) in [6.45, 7) is 4.62. The number of anilines is 1. The van der Waals surface area contributed by atoms with Gasteiger partial charge < -0.3 is 10.0 Å². The monoisotopic (exact) mass is 397 g/mol. The van der Waals surface area contributed by atoms with Crippen molar-refractivity contribution in [3.8, 4) is 0 Å². The van der Waals surface area contributed by atoms with E-state index in [-0.39, 0.29) is 16.6 Å². The third kappa shape index (κ3) is 4.25. The van der Waals surface area contributed by atoms with E-state index in [1.54, 1.807) is 4.90 Å². The first kappa shape index (κ1) is 20.0. The largest absolute Gasteiger partial charge is 0.386 e. The van der Waals surface area contributed by atoms with Crippen LogP contribution in [0.15, 0.2) is 23.1 Å². The summed E-state index contributed by atoms with van der Waals surface area (Å²) in [5, 5.41) is 21.7. The number of aliphatic hydroxyl groups is 1. The molecule has 1 saturated carbocycles. The Hall–Kier alpha value is -1.71. The van der Waals surface area contributed by atoms with Gasteiger partial charge in [-0.2, -0.15) is 0 Å². The van der Waals surface area contributed by atoms with Crippen molar-refractivity contribution in [1.82, 2.24) is 4.72 Å². The number of nitrogens with one attached hydrogen (secondary N) is 1. The molecule has 0 bridgehead atoms. The van der Waals surface area contributed by atoms with Crippen molar-refractivity contribution in [2.45, 2.75) is 62.5 Å². The van der Waals surface area contributed by atoms with Crippen molar-refractivity contribution in [2.75, 3.05) is 18.0 Å². The normalized spacial score (nSPS) is 25.1. The fourth-order valence-electron chi connectivity index (χ4n) is 3.81. The van der Waals surface area contributed by atoms with Gasteiger partial charge in [-0.05, 0) is 50.2 Å². The molecule has 1 aliphatic heterocycles. The lowest BCUT2D eigenvalue weighted by Crippen LogP contribution is -2.61. The zero-order valence-electron chi connectivity index (χ0n) is 15.7. The molecule has 27 heavy (non-hydrogen) atoms. The standard InChI is InChI=1S/C18H27N3O5S/c1-3-18(22)11-20(12-18)16-9-8-15(10-17(16)21(23)24)27(25,26)19-14-6-4-13(2)5-7-14/h8-10,13-14,19,22H,3-7,11-12H2,1-2H3. The van der Waals surface area contributed by atoms with Crippen molar-refractivity contribution in [2.24, 2.45) is 5.92 Å². The van der Waals surface area contributed by atoms with Gasteiger partial charge in [0.1, 0.15) is 5.69 Å². The fraction of sp³-hybridized carbons (Fsp3) is 0.667. The maximum absolute atomic E-state index is 12.7. The first-order valence-corrected chi connectivity index (χ1v) is 10.9. The van der Waals surface area contributed by atoms with Gasteiger partial charge in [0.05, 0.1) is 15.4 Å². The maximum Gasteiger partial charge on any atom is 0.293 e. The minimum Gasteiger partial charge on any atom is -0.386 e. The minimum absolute atomic E-state index is 0.0946. The van der Waals surface area contributed by atoms with Gasteiger partial charge in [0.15, 0.2) is 0 Å². The summed E-state index contributed by atoms with van der Waals surface area (Å²) in [7, 11) is -3.81. The van der Waals surface area contributed by atoms with E-state index in [2.05, 4.69) is 11.6 Å². The Bertz CT molecular complexity index is 812. The zero-order valence-corrected chi connectivity index (χ0v) is 16.5. The van der Waals surface area contributed by atoms with E-state index in [1.807, 2.05) is 6.92 Å². The Morgan fingerprint density at radius 3 is 2.48 bits per heavy atom. The molecule has 1 aromatic rings. The van der Waals surface area contributed by atoms with E-state index in [1.165, 1.54) is 12.1 Å². The molecule has 0 atom stereocenters. The topological polar surface area (TPSA) is 113 Å². The molecule has 1 aromatic carbocycles. The first-order chi connectivity index (χ1) is 12.6.